The van der Waals surface area contributed by atoms with Crippen molar-refractivity contribution in [3.63, 3.8) is 0 Å². The van der Waals surface area contributed by atoms with E-state index < -0.39 is 0 Å². The summed E-state index contributed by atoms with van der Waals surface area (Å²) in [5.74, 6) is 2.44. The average Bonchev–Trinajstić information content (AvgIpc) is 2.06. The van der Waals surface area contributed by atoms with Gasteiger partial charge in [0.1, 0.15) is 6.67 Å². The molecule has 0 aromatic rings. The van der Waals surface area contributed by atoms with Crippen LogP contribution in [0.2, 0.25) is 0 Å². The third kappa shape index (κ3) is 3.43. The van der Waals surface area contributed by atoms with Crippen LogP contribution in [-0.4, -0.2) is 30.3 Å². The lowest BCUT2D eigenvalue weighted by Gasteiger charge is -2.24. The highest BCUT2D eigenvalue weighted by Crippen LogP contribution is 2.17. The van der Waals surface area contributed by atoms with Gasteiger partial charge in [-0.3, -0.25) is 0 Å². The van der Waals surface area contributed by atoms with E-state index in [0.29, 0.717) is 6.04 Å². The van der Waals surface area contributed by atoms with Gasteiger partial charge in [0.15, 0.2) is 0 Å². The zero-order valence-corrected chi connectivity index (χ0v) is 7.79. The molecule has 1 rings (SSSR count). The molecule has 2 atom stereocenters. The highest BCUT2D eigenvalue weighted by Gasteiger charge is 2.14. The van der Waals surface area contributed by atoms with Gasteiger partial charge in [-0.15, -0.1) is 0 Å². The molecular weight excluding hydrogens is 161 g/mol. The van der Waals surface area contributed by atoms with Crippen LogP contribution in [0.5, 0.6) is 0 Å². The minimum atomic E-state index is -0.249. The Morgan fingerprint density at radius 2 is 2.55 bits per heavy atom. The highest BCUT2D eigenvalue weighted by atomic mass is 32.2. The van der Waals surface area contributed by atoms with Gasteiger partial charge in [0.05, 0.1) is 0 Å². The topological polar surface area (TPSA) is 12.0 Å². The van der Waals surface area contributed by atoms with Crippen molar-refractivity contribution in [2.24, 2.45) is 0 Å². The molecule has 0 aromatic heterocycles. The summed E-state index contributed by atoms with van der Waals surface area (Å²) >= 11 is 1.97. The van der Waals surface area contributed by atoms with Crippen molar-refractivity contribution in [3.05, 3.63) is 0 Å². The average molecular weight is 177 g/mol. The quantitative estimate of drug-likeness (QED) is 0.706. The second-order valence-corrected chi connectivity index (χ2v) is 4.29. The van der Waals surface area contributed by atoms with E-state index in [1.165, 1.54) is 18.6 Å². The minimum absolute atomic E-state index is 0.0405. The molecule has 1 N–H and O–H groups in total. The number of alkyl halides is 1. The van der Waals surface area contributed by atoms with Gasteiger partial charge >= 0.3 is 0 Å². The number of thioether (sulfide) groups is 1. The van der Waals surface area contributed by atoms with Gasteiger partial charge in [0.25, 0.3) is 0 Å². The summed E-state index contributed by atoms with van der Waals surface area (Å²) < 4.78 is 12.1. The Bertz CT molecular complexity index is 104. The molecule has 1 aliphatic rings. The molecule has 1 heterocycles. The zero-order chi connectivity index (χ0) is 8.10. The van der Waals surface area contributed by atoms with E-state index in [-0.39, 0.29) is 12.7 Å². The van der Waals surface area contributed by atoms with E-state index in [1.807, 2.05) is 18.7 Å². The number of hydrogen-bond donors (Lipinski definition) is 1. The highest BCUT2D eigenvalue weighted by molar-refractivity contribution is 7.99. The SMILES string of the molecule is CC(CF)NC1CCCSC1. The van der Waals surface area contributed by atoms with Gasteiger partial charge in [-0.1, -0.05) is 0 Å². The van der Waals surface area contributed by atoms with Crippen LogP contribution in [0, 0.1) is 0 Å². The van der Waals surface area contributed by atoms with Crippen molar-refractivity contribution in [2.75, 3.05) is 18.2 Å². The van der Waals surface area contributed by atoms with Gasteiger partial charge in [-0.2, -0.15) is 11.8 Å². The molecule has 2 unspecified atom stereocenters. The minimum Gasteiger partial charge on any atom is -0.308 e. The van der Waals surface area contributed by atoms with Crippen LogP contribution in [0.1, 0.15) is 19.8 Å². The molecule has 0 bridgehead atoms. The monoisotopic (exact) mass is 177 g/mol. The maximum Gasteiger partial charge on any atom is 0.104 e. The standard InChI is InChI=1S/C8H16FNS/c1-7(5-9)10-8-3-2-4-11-6-8/h7-8,10H,2-6H2,1H3. The predicted molar refractivity (Wildman–Crippen MR) is 48.9 cm³/mol. The molecule has 3 heteroatoms. The van der Waals surface area contributed by atoms with Gasteiger partial charge in [-0.05, 0) is 25.5 Å². The van der Waals surface area contributed by atoms with E-state index >= 15 is 0 Å². The smallest absolute Gasteiger partial charge is 0.104 e. The fourth-order valence-corrected chi connectivity index (χ4v) is 2.40. The van der Waals surface area contributed by atoms with Crippen molar-refractivity contribution in [3.8, 4) is 0 Å². The lowest BCUT2D eigenvalue weighted by Crippen LogP contribution is -2.40. The Morgan fingerprint density at radius 1 is 1.73 bits per heavy atom. The summed E-state index contributed by atoms with van der Waals surface area (Å²) in [4.78, 5) is 0. The molecule has 11 heavy (non-hydrogen) atoms. The summed E-state index contributed by atoms with van der Waals surface area (Å²) in [7, 11) is 0. The first-order valence-corrected chi connectivity index (χ1v) is 5.38. The normalized spacial score (nSPS) is 28.4. The van der Waals surface area contributed by atoms with Crippen molar-refractivity contribution >= 4 is 11.8 Å². The van der Waals surface area contributed by atoms with E-state index in [1.54, 1.807) is 0 Å². The maximum atomic E-state index is 12.1. The first-order chi connectivity index (χ1) is 5.33. The fraction of sp³-hybridized carbons (Fsp3) is 1.00. The molecule has 0 spiro atoms. The Morgan fingerprint density at radius 3 is 3.09 bits per heavy atom. The molecule has 0 saturated carbocycles. The molecule has 1 nitrogen and oxygen atoms in total. The Balaban J connectivity index is 2.13. The fourth-order valence-electron chi connectivity index (χ4n) is 1.32. The van der Waals surface area contributed by atoms with E-state index in [0.717, 1.165) is 5.75 Å². The Kier molecular flexibility index (Phi) is 4.23. The molecule has 0 amide bonds. The number of rotatable bonds is 3. The zero-order valence-electron chi connectivity index (χ0n) is 6.98. The summed E-state index contributed by atoms with van der Waals surface area (Å²) in [6.07, 6.45) is 2.50. The van der Waals surface area contributed by atoms with Crippen LogP contribution >= 0.6 is 11.8 Å². The lowest BCUT2D eigenvalue weighted by atomic mass is 10.1. The van der Waals surface area contributed by atoms with Gasteiger partial charge in [0.2, 0.25) is 0 Å². The largest absolute Gasteiger partial charge is 0.308 e. The molecule has 66 valence electrons. The van der Waals surface area contributed by atoms with Crippen molar-refractivity contribution in [2.45, 2.75) is 31.8 Å². The van der Waals surface area contributed by atoms with E-state index in [2.05, 4.69) is 5.32 Å². The second kappa shape index (κ2) is 4.99. The Hall–Kier alpha value is 0.240. The predicted octanol–water partition coefficient (Wildman–Crippen LogP) is 1.83. The van der Waals surface area contributed by atoms with Crippen molar-refractivity contribution in [1.82, 2.24) is 5.32 Å². The van der Waals surface area contributed by atoms with Crippen LogP contribution in [-0.2, 0) is 0 Å². The molecule has 1 aliphatic heterocycles. The molecule has 1 fully saturated rings. The van der Waals surface area contributed by atoms with E-state index in [4.69, 9.17) is 0 Å². The first kappa shape index (κ1) is 9.33. The summed E-state index contributed by atoms with van der Waals surface area (Å²) in [6.45, 7) is 1.65. The van der Waals surface area contributed by atoms with Crippen LogP contribution in [0.3, 0.4) is 0 Å². The first-order valence-electron chi connectivity index (χ1n) is 4.22. The van der Waals surface area contributed by atoms with E-state index in [9.17, 15) is 4.39 Å². The summed E-state index contributed by atoms with van der Waals surface area (Å²) in [5.41, 5.74) is 0. The third-order valence-corrected chi connectivity index (χ3v) is 3.13. The van der Waals surface area contributed by atoms with Crippen LogP contribution in [0.25, 0.3) is 0 Å². The van der Waals surface area contributed by atoms with Gasteiger partial charge in [0, 0.05) is 17.8 Å². The number of nitrogens with one attached hydrogen (secondary N) is 1. The summed E-state index contributed by atoms with van der Waals surface area (Å²) in [5, 5.41) is 3.27. The lowest BCUT2D eigenvalue weighted by molar-refractivity contribution is 0.357. The summed E-state index contributed by atoms with van der Waals surface area (Å²) in [6, 6.07) is 0.596. The number of hydrogen-bond acceptors (Lipinski definition) is 2. The molecular formula is C8H16FNS. The molecule has 0 aromatic carbocycles. The van der Waals surface area contributed by atoms with Crippen molar-refractivity contribution in [1.29, 1.82) is 0 Å². The number of halogens is 1. The van der Waals surface area contributed by atoms with Crippen molar-refractivity contribution < 1.29 is 4.39 Å². The Labute approximate surface area is 72.1 Å². The van der Waals surface area contributed by atoms with Crippen LogP contribution < -0.4 is 5.32 Å². The third-order valence-electron chi connectivity index (χ3n) is 1.91. The molecule has 1 saturated heterocycles. The van der Waals surface area contributed by atoms with Crippen LogP contribution in [0.15, 0.2) is 0 Å². The van der Waals surface area contributed by atoms with Gasteiger partial charge < -0.3 is 5.32 Å². The van der Waals surface area contributed by atoms with Crippen LogP contribution in [0.4, 0.5) is 4.39 Å². The maximum absolute atomic E-state index is 12.1. The molecule has 0 aliphatic carbocycles. The second-order valence-electron chi connectivity index (χ2n) is 3.14. The molecule has 0 radical (unpaired) electrons. The van der Waals surface area contributed by atoms with Gasteiger partial charge in [-0.25, -0.2) is 4.39 Å².